The number of halogens is 1. The third-order valence-corrected chi connectivity index (χ3v) is 4.78. The number of hydrogen-bond donors (Lipinski definition) is 0. The van der Waals surface area contributed by atoms with Gasteiger partial charge in [0.05, 0.1) is 18.5 Å². The Morgan fingerprint density at radius 3 is 2.75 bits per heavy atom. The molecule has 0 N–H and O–H groups in total. The molecule has 0 amide bonds. The quantitative estimate of drug-likeness (QED) is 0.653. The molecule has 3 heterocycles. The topological polar surface area (TPSA) is 68.3 Å². The summed E-state index contributed by atoms with van der Waals surface area (Å²) in [5.74, 6) is 0.383. The SMILES string of the molecule is CC1(C)Cc2c(C#N)c(OCc3ccccc3F)nc(-c3ccco3)c2CO1. The summed E-state index contributed by atoms with van der Waals surface area (Å²) >= 11 is 0. The molecule has 0 spiro atoms. The van der Waals surface area contributed by atoms with Crippen molar-refractivity contribution in [3.8, 4) is 23.4 Å². The van der Waals surface area contributed by atoms with Gasteiger partial charge in [0.2, 0.25) is 5.88 Å². The minimum atomic E-state index is -0.413. The Morgan fingerprint density at radius 1 is 1.21 bits per heavy atom. The fourth-order valence-corrected chi connectivity index (χ4v) is 3.34. The van der Waals surface area contributed by atoms with E-state index in [0.29, 0.717) is 35.6 Å². The summed E-state index contributed by atoms with van der Waals surface area (Å²) in [5, 5.41) is 9.81. The van der Waals surface area contributed by atoms with Crippen LogP contribution < -0.4 is 4.74 Å². The molecule has 1 aliphatic rings. The molecule has 2 aromatic heterocycles. The molecule has 1 aliphatic heterocycles. The molecule has 4 rings (SSSR count). The van der Waals surface area contributed by atoms with E-state index < -0.39 is 5.60 Å². The molecular weight excluding hydrogens is 359 g/mol. The van der Waals surface area contributed by atoms with E-state index in [2.05, 4.69) is 11.1 Å². The Hall–Kier alpha value is -3.17. The van der Waals surface area contributed by atoms with Crippen LogP contribution in [0.25, 0.3) is 11.5 Å². The summed E-state index contributed by atoms with van der Waals surface area (Å²) in [5.41, 5.74) is 2.58. The van der Waals surface area contributed by atoms with Gasteiger partial charge in [-0.2, -0.15) is 5.26 Å². The molecule has 0 fully saturated rings. The summed E-state index contributed by atoms with van der Waals surface area (Å²) in [6.45, 7) is 4.26. The number of nitriles is 1. The lowest BCUT2D eigenvalue weighted by atomic mass is 9.88. The fraction of sp³-hybridized carbons (Fsp3) is 0.273. The first-order chi connectivity index (χ1) is 13.5. The number of fused-ring (bicyclic) bond motifs is 1. The second-order valence-corrected chi connectivity index (χ2v) is 7.29. The van der Waals surface area contributed by atoms with Gasteiger partial charge in [0.15, 0.2) is 5.76 Å². The first-order valence-corrected chi connectivity index (χ1v) is 8.98. The Morgan fingerprint density at radius 2 is 2.04 bits per heavy atom. The molecule has 6 heteroatoms. The number of ether oxygens (including phenoxy) is 2. The minimum Gasteiger partial charge on any atom is -0.472 e. The van der Waals surface area contributed by atoms with Crippen molar-refractivity contribution >= 4 is 0 Å². The van der Waals surface area contributed by atoms with Crippen molar-refractivity contribution in [1.29, 1.82) is 5.26 Å². The van der Waals surface area contributed by atoms with Crippen molar-refractivity contribution < 1.29 is 18.3 Å². The highest BCUT2D eigenvalue weighted by Gasteiger charge is 2.33. The van der Waals surface area contributed by atoms with E-state index in [1.807, 2.05) is 13.8 Å². The number of rotatable bonds is 4. The number of pyridine rings is 1. The number of nitrogens with zero attached hydrogens (tertiary/aromatic N) is 2. The van der Waals surface area contributed by atoms with E-state index >= 15 is 0 Å². The van der Waals surface area contributed by atoms with Gasteiger partial charge in [-0.15, -0.1) is 0 Å². The average Bonchev–Trinajstić information content (AvgIpc) is 3.20. The van der Waals surface area contributed by atoms with Crippen LogP contribution in [-0.2, 0) is 24.4 Å². The highest BCUT2D eigenvalue weighted by Crippen LogP contribution is 2.38. The Labute approximate surface area is 162 Å². The van der Waals surface area contributed by atoms with Crippen molar-refractivity contribution in [1.82, 2.24) is 4.98 Å². The maximum absolute atomic E-state index is 14.0. The molecular formula is C22H19FN2O3. The number of benzene rings is 1. The second kappa shape index (κ2) is 7.10. The van der Waals surface area contributed by atoms with Gasteiger partial charge in [-0.05, 0) is 37.6 Å². The predicted molar refractivity (Wildman–Crippen MR) is 100.0 cm³/mol. The van der Waals surface area contributed by atoms with Crippen molar-refractivity contribution in [2.45, 2.75) is 39.1 Å². The van der Waals surface area contributed by atoms with Crippen LogP contribution in [0.1, 0.15) is 36.1 Å². The van der Waals surface area contributed by atoms with Gasteiger partial charge in [0, 0.05) is 17.5 Å². The van der Waals surface area contributed by atoms with Gasteiger partial charge < -0.3 is 13.9 Å². The van der Waals surface area contributed by atoms with E-state index in [1.54, 1.807) is 36.6 Å². The molecule has 142 valence electrons. The van der Waals surface area contributed by atoms with Crippen molar-refractivity contribution in [3.63, 3.8) is 0 Å². The van der Waals surface area contributed by atoms with E-state index in [0.717, 1.165) is 11.1 Å². The molecule has 1 aromatic carbocycles. The highest BCUT2D eigenvalue weighted by molar-refractivity contribution is 5.65. The summed E-state index contributed by atoms with van der Waals surface area (Å²) in [7, 11) is 0. The lowest BCUT2D eigenvalue weighted by molar-refractivity contribution is -0.0402. The highest BCUT2D eigenvalue weighted by atomic mass is 19.1. The van der Waals surface area contributed by atoms with Crippen LogP contribution in [-0.4, -0.2) is 10.6 Å². The van der Waals surface area contributed by atoms with E-state index in [9.17, 15) is 9.65 Å². The van der Waals surface area contributed by atoms with Crippen LogP contribution in [0.4, 0.5) is 4.39 Å². The van der Waals surface area contributed by atoms with E-state index in [4.69, 9.17) is 13.9 Å². The zero-order valence-corrected chi connectivity index (χ0v) is 15.7. The van der Waals surface area contributed by atoms with Crippen molar-refractivity contribution in [3.05, 3.63) is 70.7 Å². The van der Waals surface area contributed by atoms with Crippen LogP contribution in [0.5, 0.6) is 5.88 Å². The third-order valence-electron chi connectivity index (χ3n) is 4.78. The smallest absolute Gasteiger partial charge is 0.233 e. The second-order valence-electron chi connectivity index (χ2n) is 7.29. The molecule has 0 radical (unpaired) electrons. The summed E-state index contributed by atoms with van der Waals surface area (Å²) < 4.78 is 31.2. The third kappa shape index (κ3) is 3.37. The van der Waals surface area contributed by atoms with Crippen molar-refractivity contribution in [2.75, 3.05) is 0 Å². The number of hydrogen-bond acceptors (Lipinski definition) is 5. The molecule has 0 aliphatic carbocycles. The standard InChI is InChI=1S/C22H19FN2O3/c1-22(2)10-15-16(11-24)21(27-12-14-6-3-4-7-18(14)23)25-20(17(15)13-28-22)19-8-5-9-26-19/h3-9H,10,12-13H2,1-2H3. The largest absolute Gasteiger partial charge is 0.472 e. The van der Waals surface area contributed by atoms with E-state index in [-0.39, 0.29) is 18.3 Å². The van der Waals surface area contributed by atoms with Gasteiger partial charge in [0.25, 0.3) is 0 Å². The van der Waals surface area contributed by atoms with Gasteiger partial charge in [-0.25, -0.2) is 9.37 Å². The molecule has 0 saturated heterocycles. The van der Waals surface area contributed by atoms with Crippen LogP contribution in [0.2, 0.25) is 0 Å². The Balaban J connectivity index is 1.81. The van der Waals surface area contributed by atoms with Gasteiger partial charge in [0.1, 0.15) is 29.8 Å². The maximum Gasteiger partial charge on any atom is 0.233 e. The molecule has 5 nitrogen and oxygen atoms in total. The number of furan rings is 1. The predicted octanol–water partition coefficient (Wildman–Crippen LogP) is 4.78. The normalized spacial score (nSPS) is 14.9. The molecule has 0 bridgehead atoms. The van der Waals surface area contributed by atoms with Crippen LogP contribution in [0.15, 0.2) is 47.1 Å². The van der Waals surface area contributed by atoms with Crippen LogP contribution in [0, 0.1) is 17.1 Å². The zero-order valence-electron chi connectivity index (χ0n) is 15.7. The van der Waals surface area contributed by atoms with Crippen molar-refractivity contribution in [2.24, 2.45) is 0 Å². The van der Waals surface area contributed by atoms with Crippen LogP contribution in [0.3, 0.4) is 0 Å². The molecule has 0 atom stereocenters. The maximum atomic E-state index is 14.0. The summed E-state index contributed by atoms with van der Waals surface area (Å²) in [4.78, 5) is 4.55. The first kappa shape index (κ1) is 18.2. The summed E-state index contributed by atoms with van der Waals surface area (Å²) in [6, 6.07) is 12.2. The zero-order chi connectivity index (χ0) is 19.7. The summed E-state index contributed by atoms with van der Waals surface area (Å²) in [6.07, 6.45) is 2.10. The lowest BCUT2D eigenvalue weighted by Crippen LogP contribution is -2.33. The molecule has 0 unspecified atom stereocenters. The first-order valence-electron chi connectivity index (χ1n) is 8.98. The molecule has 3 aromatic rings. The number of aromatic nitrogens is 1. The fourth-order valence-electron chi connectivity index (χ4n) is 3.34. The minimum absolute atomic E-state index is 0.0232. The van der Waals surface area contributed by atoms with E-state index in [1.165, 1.54) is 6.07 Å². The average molecular weight is 378 g/mol. The van der Waals surface area contributed by atoms with Gasteiger partial charge >= 0.3 is 0 Å². The van der Waals surface area contributed by atoms with Gasteiger partial charge in [-0.1, -0.05) is 18.2 Å². The Bertz CT molecular complexity index is 1050. The Kier molecular flexibility index (Phi) is 4.62. The monoisotopic (exact) mass is 378 g/mol. The van der Waals surface area contributed by atoms with Crippen LogP contribution >= 0.6 is 0 Å². The lowest BCUT2D eigenvalue weighted by Gasteiger charge is -2.33. The van der Waals surface area contributed by atoms with Gasteiger partial charge in [-0.3, -0.25) is 0 Å². The molecule has 28 heavy (non-hydrogen) atoms. The molecule has 0 saturated carbocycles.